The number of nitrogens with zero attached hydrogens (tertiary/aromatic N) is 1. The molecular formula is C28H26N2O5. The van der Waals surface area contributed by atoms with E-state index in [1.54, 1.807) is 43.5 Å². The number of para-hydroxylation sites is 1. The number of hydrogen-bond acceptors (Lipinski definition) is 6. The van der Waals surface area contributed by atoms with Crippen LogP contribution in [-0.4, -0.2) is 37.5 Å². The maximum absolute atomic E-state index is 13.9. The van der Waals surface area contributed by atoms with Crippen LogP contribution in [0.4, 0.5) is 5.69 Å². The molecule has 2 heterocycles. The monoisotopic (exact) mass is 470 g/mol. The molecule has 35 heavy (non-hydrogen) atoms. The molecule has 0 aliphatic carbocycles. The maximum Gasteiger partial charge on any atom is 0.327 e. The van der Waals surface area contributed by atoms with Crippen molar-refractivity contribution in [2.75, 3.05) is 19.1 Å². The number of nitrogens with one attached hydrogen (secondary N) is 1. The second-order valence-corrected chi connectivity index (χ2v) is 8.87. The molecule has 2 aliphatic heterocycles. The Kier molecular flexibility index (Phi) is 5.86. The molecule has 0 spiro atoms. The molecule has 178 valence electrons. The van der Waals surface area contributed by atoms with Gasteiger partial charge in [0.25, 0.3) is 0 Å². The standard InChI is InChI=1S/C28H26N2O5/c1-34-21-15-13-19(14-16-21)24-22-23(26(32)30(25(22)31)20-11-7-4-8-12-20)28(29-24,27(33)35-2)17-18-9-5-3-6-10-18/h3-16,22-24,29H,17H2,1-2H3/t22-,23-,24+,28+/m0/s1. The summed E-state index contributed by atoms with van der Waals surface area (Å²) in [6.07, 6.45) is 0.204. The third-order valence-electron chi connectivity index (χ3n) is 7.02. The highest BCUT2D eigenvalue weighted by molar-refractivity contribution is 6.24. The molecule has 0 saturated carbocycles. The molecule has 0 bridgehead atoms. The van der Waals surface area contributed by atoms with Crippen LogP contribution in [0.15, 0.2) is 84.9 Å². The molecule has 0 aromatic heterocycles. The van der Waals surface area contributed by atoms with Crippen LogP contribution >= 0.6 is 0 Å². The van der Waals surface area contributed by atoms with E-state index in [-0.39, 0.29) is 12.3 Å². The minimum Gasteiger partial charge on any atom is -0.497 e. The van der Waals surface area contributed by atoms with E-state index in [0.717, 1.165) is 11.1 Å². The third-order valence-corrected chi connectivity index (χ3v) is 7.02. The number of benzene rings is 3. The van der Waals surface area contributed by atoms with Crippen molar-refractivity contribution < 1.29 is 23.9 Å². The van der Waals surface area contributed by atoms with Crippen LogP contribution in [0.1, 0.15) is 17.2 Å². The van der Waals surface area contributed by atoms with Crippen molar-refractivity contribution >= 4 is 23.5 Å². The van der Waals surface area contributed by atoms with Gasteiger partial charge in [-0.1, -0.05) is 60.7 Å². The van der Waals surface area contributed by atoms with Crippen molar-refractivity contribution in [2.24, 2.45) is 11.8 Å². The number of rotatable bonds is 6. The molecule has 7 heteroatoms. The van der Waals surface area contributed by atoms with Gasteiger partial charge in [-0.15, -0.1) is 0 Å². The Bertz CT molecular complexity index is 1250. The summed E-state index contributed by atoms with van der Waals surface area (Å²) in [5, 5.41) is 3.41. The molecule has 5 rings (SSSR count). The van der Waals surface area contributed by atoms with Crippen LogP contribution in [0, 0.1) is 11.8 Å². The quantitative estimate of drug-likeness (QED) is 0.440. The highest BCUT2D eigenvalue weighted by Crippen LogP contribution is 2.51. The number of fused-ring (bicyclic) bond motifs is 1. The van der Waals surface area contributed by atoms with Gasteiger partial charge in [0.15, 0.2) is 0 Å². The first-order chi connectivity index (χ1) is 17.0. The van der Waals surface area contributed by atoms with Crippen molar-refractivity contribution in [1.82, 2.24) is 5.32 Å². The van der Waals surface area contributed by atoms with Crippen molar-refractivity contribution in [3.63, 3.8) is 0 Å². The number of anilines is 1. The predicted molar refractivity (Wildman–Crippen MR) is 130 cm³/mol. The number of ether oxygens (including phenoxy) is 2. The number of hydrogen-bond donors (Lipinski definition) is 1. The van der Waals surface area contributed by atoms with Gasteiger partial charge in [0.1, 0.15) is 11.3 Å². The lowest BCUT2D eigenvalue weighted by Crippen LogP contribution is -2.57. The Morgan fingerprint density at radius 1 is 0.886 bits per heavy atom. The minimum absolute atomic E-state index is 0.204. The predicted octanol–water partition coefficient (Wildman–Crippen LogP) is 3.30. The Balaban J connectivity index is 1.66. The SMILES string of the molecule is COC(=O)[C@]1(Cc2ccccc2)N[C@H](c2ccc(OC)cc2)[C@H]2C(=O)N(c3ccccc3)C(=O)[C@H]21. The molecule has 3 aromatic carbocycles. The summed E-state index contributed by atoms with van der Waals surface area (Å²) in [4.78, 5) is 42.5. The molecule has 0 unspecified atom stereocenters. The zero-order valence-electron chi connectivity index (χ0n) is 19.5. The lowest BCUT2D eigenvalue weighted by Gasteiger charge is -2.32. The van der Waals surface area contributed by atoms with E-state index >= 15 is 0 Å². The Labute approximate surface area is 203 Å². The summed E-state index contributed by atoms with van der Waals surface area (Å²) in [7, 11) is 2.89. The minimum atomic E-state index is -1.42. The number of esters is 1. The van der Waals surface area contributed by atoms with E-state index in [9.17, 15) is 14.4 Å². The average molecular weight is 471 g/mol. The summed E-state index contributed by atoms with van der Waals surface area (Å²) in [5.41, 5.74) is 0.722. The fraction of sp³-hybridized carbons (Fsp3) is 0.250. The molecule has 1 N–H and O–H groups in total. The number of imide groups is 1. The van der Waals surface area contributed by atoms with Gasteiger partial charge in [-0.3, -0.25) is 19.7 Å². The molecule has 2 fully saturated rings. The molecular weight excluding hydrogens is 444 g/mol. The highest BCUT2D eigenvalue weighted by atomic mass is 16.5. The van der Waals surface area contributed by atoms with Gasteiger partial charge in [0.2, 0.25) is 11.8 Å². The van der Waals surface area contributed by atoms with Crippen LogP contribution in [-0.2, 0) is 25.5 Å². The molecule has 2 amide bonds. The first-order valence-electron chi connectivity index (χ1n) is 11.5. The van der Waals surface area contributed by atoms with Gasteiger partial charge in [-0.2, -0.15) is 0 Å². The topological polar surface area (TPSA) is 84.9 Å². The smallest absolute Gasteiger partial charge is 0.327 e. The van der Waals surface area contributed by atoms with Crippen LogP contribution in [0.5, 0.6) is 5.75 Å². The van der Waals surface area contributed by atoms with Crippen LogP contribution in [0.3, 0.4) is 0 Å². The third kappa shape index (κ3) is 3.68. The lowest BCUT2D eigenvalue weighted by molar-refractivity contribution is -0.152. The maximum atomic E-state index is 13.9. The van der Waals surface area contributed by atoms with E-state index in [0.29, 0.717) is 11.4 Å². The summed E-state index contributed by atoms with van der Waals surface area (Å²) >= 11 is 0. The van der Waals surface area contributed by atoms with Crippen molar-refractivity contribution in [3.8, 4) is 5.75 Å². The summed E-state index contributed by atoms with van der Waals surface area (Å²) in [5.74, 6) is -2.35. The molecule has 7 nitrogen and oxygen atoms in total. The van der Waals surface area contributed by atoms with Gasteiger partial charge >= 0.3 is 5.97 Å². The van der Waals surface area contributed by atoms with E-state index < -0.39 is 35.3 Å². The first kappa shape index (κ1) is 22.8. The van der Waals surface area contributed by atoms with Gasteiger partial charge in [-0.05, 0) is 35.4 Å². The number of methoxy groups -OCH3 is 2. The molecule has 4 atom stereocenters. The normalized spacial score (nSPS) is 25.4. The van der Waals surface area contributed by atoms with E-state index in [1.165, 1.54) is 12.0 Å². The van der Waals surface area contributed by atoms with Gasteiger partial charge in [-0.25, -0.2) is 4.90 Å². The van der Waals surface area contributed by atoms with E-state index in [1.807, 2.05) is 48.5 Å². The Morgan fingerprint density at radius 3 is 2.11 bits per heavy atom. The fourth-order valence-corrected chi connectivity index (χ4v) is 5.45. The number of amides is 2. The molecule has 0 radical (unpaired) electrons. The Hall–Kier alpha value is -3.97. The summed E-state index contributed by atoms with van der Waals surface area (Å²) in [6, 6.07) is 25.0. The second kappa shape index (κ2) is 9.00. The van der Waals surface area contributed by atoms with Gasteiger partial charge in [0.05, 0.1) is 31.7 Å². The van der Waals surface area contributed by atoms with Crippen LogP contribution in [0.2, 0.25) is 0 Å². The largest absolute Gasteiger partial charge is 0.497 e. The van der Waals surface area contributed by atoms with Gasteiger partial charge < -0.3 is 9.47 Å². The Morgan fingerprint density at radius 2 is 1.51 bits per heavy atom. The van der Waals surface area contributed by atoms with Crippen molar-refractivity contribution in [1.29, 1.82) is 0 Å². The number of carbonyl (C=O) groups is 3. The average Bonchev–Trinajstić information content (AvgIpc) is 3.38. The second-order valence-electron chi connectivity index (χ2n) is 8.87. The van der Waals surface area contributed by atoms with Crippen molar-refractivity contribution in [2.45, 2.75) is 18.0 Å². The van der Waals surface area contributed by atoms with Crippen LogP contribution < -0.4 is 15.0 Å². The highest BCUT2D eigenvalue weighted by Gasteiger charge is 2.68. The molecule has 2 aliphatic rings. The van der Waals surface area contributed by atoms with E-state index in [4.69, 9.17) is 9.47 Å². The van der Waals surface area contributed by atoms with Gasteiger partial charge in [0, 0.05) is 12.5 Å². The van der Waals surface area contributed by atoms with Crippen LogP contribution in [0.25, 0.3) is 0 Å². The lowest BCUT2D eigenvalue weighted by atomic mass is 9.76. The molecule has 2 saturated heterocycles. The van der Waals surface area contributed by atoms with E-state index in [2.05, 4.69) is 5.32 Å². The fourth-order valence-electron chi connectivity index (χ4n) is 5.45. The van der Waals surface area contributed by atoms with Crippen molar-refractivity contribution in [3.05, 3.63) is 96.1 Å². The first-order valence-corrected chi connectivity index (χ1v) is 11.5. The summed E-state index contributed by atoms with van der Waals surface area (Å²) < 4.78 is 10.5. The zero-order chi connectivity index (χ0) is 24.6. The number of carbonyl (C=O) groups excluding carboxylic acids is 3. The summed E-state index contributed by atoms with van der Waals surface area (Å²) in [6.45, 7) is 0. The molecule has 3 aromatic rings. The zero-order valence-corrected chi connectivity index (χ0v) is 19.5.